The number of carbonyl (C=O) groups is 1. The molecule has 2 aromatic heterocycles. The average molecular weight is 469 g/mol. The molecule has 8 nitrogen and oxygen atoms in total. The number of carbonyl (C=O) groups excluding carboxylic acids is 1. The highest BCUT2D eigenvalue weighted by molar-refractivity contribution is 6.34. The van der Waals surface area contributed by atoms with Crippen LogP contribution in [-0.4, -0.2) is 54.8 Å². The molecule has 0 saturated carbocycles. The third-order valence-corrected chi connectivity index (χ3v) is 5.78. The summed E-state index contributed by atoms with van der Waals surface area (Å²) in [6.45, 7) is 0.415. The molecule has 0 N–H and O–H groups in total. The number of halogens is 5. The largest absolute Gasteiger partial charge is 0.417 e. The van der Waals surface area contributed by atoms with Gasteiger partial charge in [0.05, 0.1) is 47.8 Å². The fraction of sp³-hybridized carbons (Fsp3) is 0.316. The molecule has 1 aromatic carbocycles. The highest BCUT2D eigenvalue weighted by atomic mass is 35.5. The SMILES string of the molecule is O=C(c1cccc(C(F)(F)F)c1Cl)N1[C@@H]2COC[C@@H]1c1nnc(-c3ncc(F)cn3)n1C2. The van der Waals surface area contributed by atoms with Crippen molar-refractivity contribution >= 4 is 17.5 Å². The van der Waals surface area contributed by atoms with E-state index in [0.717, 1.165) is 24.5 Å². The molecular formula is C19H13ClF4N6O2. The number of hydrogen-bond acceptors (Lipinski definition) is 6. The molecule has 0 spiro atoms. The van der Waals surface area contributed by atoms with Gasteiger partial charge in [-0.25, -0.2) is 14.4 Å². The molecule has 1 amide bonds. The predicted molar refractivity (Wildman–Crippen MR) is 101 cm³/mol. The van der Waals surface area contributed by atoms with Crippen LogP contribution in [0.4, 0.5) is 17.6 Å². The maximum atomic E-state index is 13.3. The van der Waals surface area contributed by atoms with Crippen molar-refractivity contribution in [1.82, 2.24) is 29.6 Å². The van der Waals surface area contributed by atoms with Crippen LogP contribution in [0.25, 0.3) is 11.6 Å². The summed E-state index contributed by atoms with van der Waals surface area (Å²) in [6, 6.07) is 2.00. The van der Waals surface area contributed by atoms with Crippen LogP contribution in [0.5, 0.6) is 0 Å². The van der Waals surface area contributed by atoms with Gasteiger partial charge in [0.2, 0.25) is 5.82 Å². The van der Waals surface area contributed by atoms with Gasteiger partial charge >= 0.3 is 6.18 Å². The van der Waals surface area contributed by atoms with Crippen molar-refractivity contribution < 1.29 is 27.1 Å². The average Bonchev–Trinajstić information content (AvgIpc) is 3.16. The van der Waals surface area contributed by atoms with Crippen LogP contribution < -0.4 is 0 Å². The van der Waals surface area contributed by atoms with Gasteiger partial charge in [0.25, 0.3) is 5.91 Å². The van der Waals surface area contributed by atoms with Gasteiger partial charge in [-0.15, -0.1) is 10.2 Å². The molecule has 2 bridgehead atoms. The lowest BCUT2D eigenvalue weighted by atomic mass is 10.0. The molecule has 0 radical (unpaired) electrons. The first-order valence-electron chi connectivity index (χ1n) is 9.43. The summed E-state index contributed by atoms with van der Waals surface area (Å²) < 4.78 is 60.3. The van der Waals surface area contributed by atoms with Crippen LogP contribution >= 0.6 is 11.6 Å². The number of aromatic nitrogens is 5. The Morgan fingerprint density at radius 1 is 1.16 bits per heavy atom. The van der Waals surface area contributed by atoms with Crippen molar-refractivity contribution in [1.29, 1.82) is 0 Å². The number of alkyl halides is 3. The van der Waals surface area contributed by atoms with E-state index < -0.39 is 40.6 Å². The Bertz CT molecular complexity index is 1200. The van der Waals surface area contributed by atoms with Crippen LogP contribution in [0.15, 0.2) is 30.6 Å². The first-order chi connectivity index (χ1) is 15.3. The van der Waals surface area contributed by atoms with E-state index in [-0.39, 0.29) is 31.1 Å². The summed E-state index contributed by atoms with van der Waals surface area (Å²) in [6.07, 6.45) is -2.69. The molecule has 5 rings (SSSR count). The van der Waals surface area contributed by atoms with E-state index in [1.165, 1.54) is 11.0 Å². The summed E-state index contributed by atoms with van der Waals surface area (Å²) >= 11 is 5.98. The monoisotopic (exact) mass is 468 g/mol. The summed E-state index contributed by atoms with van der Waals surface area (Å²) in [5.74, 6) is -0.452. The van der Waals surface area contributed by atoms with Crippen molar-refractivity contribution in [2.45, 2.75) is 24.8 Å². The number of fused-ring (bicyclic) bond motifs is 4. The molecule has 1 saturated heterocycles. The Hall–Kier alpha value is -3.12. The minimum Gasteiger partial charge on any atom is -0.377 e. The maximum Gasteiger partial charge on any atom is 0.417 e. The van der Waals surface area contributed by atoms with Gasteiger partial charge in [0, 0.05) is 6.54 Å². The van der Waals surface area contributed by atoms with Crippen LogP contribution in [0, 0.1) is 5.82 Å². The van der Waals surface area contributed by atoms with E-state index in [2.05, 4.69) is 20.2 Å². The lowest BCUT2D eigenvalue weighted by Crippen LogP contribution is -2.56. The standard InChI is InChI=1S/C19H13ClF4N6O2/c20-14-11(2-1-3-12(14)19(22,23)24)18(31)30-10-6-29-16(13(30)8-32-7-10)27-28-17(29)15-25-4-9(21)5-26-15/h1-5,10,13H,6-8H2/t10-,13+/m0/s1. The second-order valence-corrected chi connectivity index (χ2v) is 7.68. The number of hydrogen-bond donors (Lipinski definition) is 0. The highest BCUT2D eigenvalue weighted by Gasteiger charge is 2.45. The van der Waals surface area contributed by atoms with Gasteiger partial charge < -0.3 is 14.2 Å². The number of benzene rings is 1. The summed E-state index contributed by atoms with van der Waals surface area (Å²) in [7, 11) is 0. The summed E-state index contributed by atoms with van der Waals surface area (Å²) in [5, 5.41) is 7.56. The van der Waals surface area contributed by atoms with Crippen molar-refractivity contribution in [3.8, 4) is 11.6 Å². The second kappa shape index (κ2) is 7.48. The molecule has 0 aliphatic carbocycles. The molecule has 166 valence electrons. The van der Waals surface area contributed by atoms with E-state index in [9.17, 15) is 22.4 Å². The Labute approximate surface area is 182 Å². The fourth-order valence-electron chi connectivity index (χ4n) is 3.98. The number of morpholine rings is 1. The highest BCUT2D eigenvalue weighted by Crippen LogP contribution is 2.39. The molecule has 32 heavy (non-hydrogen) atoms. The van der Waals surface area contributed by atoms with Crippen molar-refractivity contribution in [3.05, 3.63) is 58.4 Å². The second-order valence-electron chi connectivity index (χ2n) is 7.30. The van der Waals surface area contributed by atoms with Crippen LogP contribution in [0.1, 0.15) is 27.8 Å². The fourth-order valence-corrected chi connectivity index (χ4v) is 4.29. The molecule has 1 fully saturated rings. The summed E-state index contributed by atoms with van der Waals surface area (Å²) in [4.78, 5) is 22.6. The molecule has 3 aromatic rings. The Morgan fingerprint density at radius 3 is 2.62 bits per heavy atom. The Balaban J connectivity index is 1.54. The molecule has 2 atom stereocenters. The van der Waals surface area contributed by atoms with E-state index in [1.54, 1.807) is 4.57 Å². The molecule has 4 heterocycles. The number of ether oxygens (including phenoxy) is 1. The van der Waals surface area contributed by atoms with Crippen LogP contribution in [0.2, 0.25) is 5.02 Å². The molecule has 2 aliphatic heterocycles. The van der Waals surface area contributed by atoms with Gasteiger partial charge in [-0.05, 0) is 12.1 Å². The zero-order chi connectivity index (χ0) is 22.6. The zero-order valence-electron chi connectivity index (χ0n) is 16.1. The minimum atomic E-state index is -4.70. The number of amides is 1. The number of rotatable bonds is 2. The van der Waals surface area contributed by atoms with Gasteiger partial charge in [-0.3, -0.25) is 4.79 Å². The third-order valence-electron chi connectivity index (χ3n) is 5.38. The first kappa shape index (κ1) is 20.8. The van der Waals surface area contributed by atoms with E-state index >= 15 is 0 Å². The normalized spacial score (nSPS) is 20.2. The third kappa shape index (κ3) is 3.30. The van der Waals surface area contributed by atoms with E-state index in [4.69, 9.17) is 16.3 Å². The Morgan fingerprint density at radius 2 is 1.91 bits per heavy atom. The molecule has 2 aliphatic rings. The van der Waals surface area contributed by atoms with Crippen molar-refractivity contribution in [3.63, 3.8) is 0 Å². The van der Waals surface area contributed by atoms with E-state index in [1.807, 2.05) is 0 Å². The topological polar surface area (TPSA) is 86.0 Å². The van der Waals surface area contributed by atoms with Crippen molar-refractivity contribution in [2.75, 3.05) is 13.2 Å². The lowest BCUT2D eigenvalue weighted by molar-refractivity contribution is -0.137. The maximum absolute atomic E-state index is 13.3. The molecule has 0 unspecified atom stereocenters. The van der Waals surface area contributed by atoms with Crippen molar-refractivity contribution in [2.24, 2.45) is 0 Å². The molecule has 13 heteroatoms. The minimum absolute atomic E-state index is 0.0707. The lowest BCUT2D eigenvalue weighted by Gasteiger charge is -2.45. The zero-order valence-corrected chi connectivity index (χ0v) is 16.8. The van der Waals surface area contributed by atoms with Crippen LogP contribution in [0.3, 0.4) is 0 Å². The van der Waals surface area contributed by atoms with Gasteiger partial charge in [0.1, 0.15) is 6.04 Å². The summed E-state index contributed by atoms with van der Waals surface area (Å²) in [5.41, 5.74) is -1.34. The number of nitrogens with zero attached hydrogens (tertiary/aromatic N) is 6. The first-order valence-corrected chi connectivity index (χ1v) is 9.80. The van der Waals surface area contributed by atoms with E-state index in [0.29, 0.717) is 11.6 Å². The van der Waals surface area contributed by atoms with Gasteiger partial charge in [-0.1, -0.05) is 17.7 Å². The predicted octanol–water partition coefficient (Wildman–Crippen LogP) is 3.14. The van der Waals surface area contributed by atoms with Gasteiger partial charge in [-0.2, -0.15) is 13.2 Å². The smallest absolute Gasteiger partial charge is 0.377 e. The molecular weight excluding hydrogens is 456 g/mol. The quantitative estimate of drug-likeness (QED) is 0.537. The van der Waals surface area contributed by atoms with Gasteiger partial charge in [0.15, 0.2) is 17.5 Å². The Kier molecular flexibility index (Phi) is 4.86. The van der Waals surface area contributed by atoms with Crippen LogP contribution in [-0.2, 0) is 17.5 Å².